The fourth-order valence-corrected chi connectivity index (χ4v) is 3.19. The van der Waals surface area contributed by atoms with Gasteiger partial charge in [-0.2, -0.15) is 0 Å². The molecule has 1 saturated heterocycles. The molecule has 1 aromatic heterocycles. The maximum absolute atomic E-state index is 11.9. The number of aliphatic imine (C=N–C) groups is 1. The van der Waals surface area contributed by atoms with Crippen LogP contribution in [0.4, 0.5) is 0 Å². The second kappa shape index (κ2) is 10.5. The minimum atomic E-state index is -0.120. The van der Waals surface area contributed by atoms with E-state index in [4.69, 9.17) is 4.42 Å². The van der Waals surface area contributed by atoms with E-state index >= 15 is 0 Å². The minimum absolute atomic E-state index is 0.120. The number of carbonyl (C=O) groups is 1. The van der Waals surface area contributed by atoms with Crippen molar-refractivity contribution in [1.29, 1.82) is 0 Å². The Balaban J connectivity index is 1.36. The molecule has 0 aliphatic carbocycles. The molecule has 2 aromatic rings. The lowest BCUT2D eigenvalue weighted by Gasteiger charge is -2.15. The summed E-state index contributed by atoms with van der Waals surface area (Å²) in [4.78, 5) is 18.6. The van der Waals surface area contributed by atoms with Gasteiger partial charge >= 0.3 is 0 Å². The standard InChI is InChI=1S/C21H29N5O2/c1-22-21(25-15-20(27)23-14-19-5-4-12-28-19)24-13-17-6-8-18(9-7-17)16-26-10-2-3-11-26/h4-9,12H,2-3,10-11,13-16H2,1H3,(H,23,27)(H2,22,24,25). The summed E-state index contributed by atoms with van der Waals surface area (Å²) in [5.74, 6) is 1.20. The van der Waals surface area contributed by atoms with Gasteiger partial charge in [0, 0.05) is 20.1 Å². The van der Waals surface area contributed by atoms with Crippen LogP contribution in [0.15, 0.2) is 52.1 Å². The SMILES string of the molecule is CN=C(NCC(=O)NCc1ccco1)NCc1ccc(CN2CCCC2)cc1. The molecule has 7 nitrogen and oxygen atoms in total. The summed E-state index contributed by atoms with van der Waals surface area (Å²) < 4.78 is 5.19. The fourth-order valence-electron chi connectivity index (χ4n) is 3.19. The van der Waals surface area contributed by atoms with Crippen molar-refractivity contribution in [1.82, 2.24) is 20.9 Å². The van der Waals surface area contributed by atoms with Crippen LogP contribution in [0.5, 0.6) is 0 Å². The van der Waals surface area contributed by atoms with E-state index in [1.165, 1.54) is 37.1 Å². The molecule has 2 heterocycles. The van der Waals surface area contributed by atoms with Gasteiger partial charge < -0.3 is 20.4 Å². The van der Waals surface area contributed by atoms with Crippen LogP contribution in [0, 0.1) is 0 Å². The monoisotopic (exact) mass is 383 g/mol. The number of nitrogens with zero attached hydrogens (tertiary/aromatic N) is 2. The van der Waals surface area contributed by atoms with E-state index in [9.17, 15) is 4.79 Å². The van der Waals surface area contributed by atoms with Gasteiger partial charge in [-0.15, -0.1) is 0 Å². The van der Waals surface area contributed by atoms with Crippen LogP contribution in [-0.4, -0.2) is 43.4 Å². The lowest BCUT2D eigenvalue weighted by atomic mass is 10.1. The number of likely N-dealkylation sites (tertiary alicyclic amines) is 1. The Morgan fingerprint density at radius 3 is 2.46 bits per heavy atom. The molecule has 0 spiro atoms. The highest BCUT2D eigenvalue weighted by Gasteiger charge is 2.11. The van der Waals surface area contributed by atoms with Crippen LogP contribution >= 0.6 is 0 Å². The molecule has 1 aliphatic heterocycles. The number of nitrogens with one attached hydrogen (secondary N) is 3. The summed E-state index contributed by atoms with van der Waals surface area (Å²) in [5.41, 5.74) is 2.52. The van der Waals surface area contributed by atoms with Crippen LogP contribution in [0.1, 0.15) is 29.7 Å². The largest absolute Gasteiger partial charge is 0.467 e. The lowest BCUT2D eigenvalue weighted by Crippen LogP contribution is -2.42. The van der Waals surface area contributed by atoms with E-state index in [1.54, 1.807) is 19.4 Å². The molecule has 3 N–H and O–H groups in total. The summed E-state index contributed by atoms with van der Waals surface area (Å²) in [6.45, 7) is 4.63. The van der Waals surface area contributed by atoms with Gasteiger partial charge in [-0.25, -0.2) is 0 Å². The zero-order valence-corrected chi connectivity index (χ0v) is 16.4. The zero-order chi connectivity index (χ0) is 19.6. The molecule has 1 aliphatic rings. The van der Waals surface area contributed by atoms with Crippen molar-refractivity contribution in [3.05, 3.63) is 59.5 Å². The van der Waals surface area contributed by atoms with Gasteiger partial charge in [0.1, 0.15) is 5.76 Å². The molecule has 0 radical (unpaired) electrons. The maximum atomic E-state index is 11.9. The number of hydrogen-bond acceptors (Lipinski definition) is 4. The Bertz CT molecular complexity index is 750. The van der Waals surface area contributed by atoms with Crippen molar-refractivity contribution >= 4 is 11.9 Å². The van der Waals surface area contributed by atoms with E-state index in [0.717, 1.165) is 12.3 Å². The first-order chi connectivity index (χ1) is 13.7. The molecular formula is C21H29N5O2. The molecule has 0 bridgehead atoms. The van der Waals surface area contributed by atoms with Crippen molar-refractivity contribution in [2.75, 3.05) is 26.7 Å². The number of furan rings is 1. The van der Waals surface area contributed by atoms with E-state index in [0.29, 0.717) is 19.0 Å². The Labute approximate surface area is 166 Å². The van der Waals surface area contributed by atoms with Crippen molar-refractivity contribution in [3.63, 3.8) is 0 Å². The minimum Gasteiger partial charge on any atom is -0.467 e. The lowest BCUT2D eigenvalue weighted by molar-refractivity contribution is -0.120. The third-order valence-electron chi connectivity index (χ3n) is 4.77. The number of benzene rings is 1. The normalized spacial score (nSPS) is 14.8. The van der Waals surface area contributed by atoms with Gasteiger partial charge in [-0.1, -0.05) is 24.3 Å². The number of amides is 1. The van der Waals surface area contributed by atoms with Gasteiger partial charge in [0.05, 0.1) is 19.4 Å². The highest BCUT2D eigenvalue weighted by Crippen LogP contribution is 2.13. The molecule has 1 amide bonds. The quantitative estimate of drug-likeness (QED) is 0.479. The molecular weight excluding hydrogens is 354 g/mol. The second-order valence-electron chi connectivity index (χ2n) is 6.94. The number of rotatable bonds is 8. The zero-order valence-electron chi connectivity index (χ0n) is 16.4. The van der Waals surface area contributed by atoms with Crippen LogP contribution in [0.25, 0.3) is 0 Å². The predicted octanol–water partition coefficient (Wildman–Crippen LogP) is 1.86. The summed E-state index contributed by atoms with van der Waals surface area (Å²) in [6.07, 6.45) is 4.22. The summed E-state index contributed by atoms with van der Waals surface area (Å²) in [5, 5.41) is 9.04. The Morgan fingerprint density at radius 1 is 1.04 bits per heavy atom. The van der Waals surface area contributed by atoms with Crippen molar-refractivity contribution in [2.24, 2.45) is 4.99 Å². The van der Waals surface area contributed by atoms with Gasteiger partial charge in [-0.05, 0) is 49.2 Å². The molecule has 0 unspecified atom stereocenters. The molecule has 7 heteroatoms. The van der Waals surface area contributed by atoms with Crippen LogP contribution in [0.3, 0.4) is 0 Å². The first kappa shape index (κ1) is 19.9. The molecule has 1 aromatic carbocycles. The topological polar surface area (TPSA) is 81.9 Å². The third-order valence-corrected chi connectivity index (χ3v) is 4.77. The van der Waals surface area contributed by atoms with Gasteiger partial charge in [0.15, 0.2) is 5.96 Å². The Morgan fingerprint density at radius 2 is 1.79 bits per heavy atom. The highest BCUT2D eigenvalue weighted by atomic mass is 16.3. The van der Waals surface area contributed by atoms with Crippen LogP contribution < -0.4 is 16.0 Å². The van der Waals surface area contributed by atoms with Crippen LogP contribution in [0.2, 0.25) is 0 Å². The Hall–Kier alpha value is -2.80. The van der Waals surface area contributed by atoms with E-state index in [-0.39, 0.29) is 12.5 Å². The summed E-state index contributed by atoms with van der Waals surface area (Å²) in [7, 11) is 1.69. The molecule has 1 fully saturated rings. The number of hydrogen-bond donors (Lipinski definition) is 3. The van der Waals surface area contributed by atoms with Crippen molar-refractivity contribution < 1.29 is 9.21 Å². The average molecular weight is 383 g/mol. The molecule has 150 valence electrons. The number of guanidine groups is 1. The summed E-state index contributed by atoms with van der Waals surface area (Å²) >= 11 is 0. The van der Waals surface area contributed by atoms with E-state index < -0.39 is 0 Å². The predicted molar refractivity (Wildman–Crippen MR) is 110 cm³/mol. The van der Waals surface area contributed by atoms with Crippen molar-refractivity contribution in [3.8, 4) is 0 Å². The molecule has 0 saturated carbocycles. The Kier molecular flexibility index (Phi) is 7.49. The van der Waals surface area contributed by atoms with Gasteiger partial charge in [0.25, 0.3) is 0 Å². The first-order valence-electron chi connectivity index (χ1n) is 9.77. The van der Waals surface area contributed by atoms with E-state index in [1.807, 2.05) is 6.07 Å². The average Bonchev–Trinajstić information content (AvgIpc) is 3.42. The number of carbonyl (C=O) groups excluding carboxylic acids is 1. The van der Waals surface area contributed by atoms with Gasteiger partial charge in [0.2, 0.25) is 5.91 Å². The van der Waals surface area contributed by atoms with E-state index in [2.05, 4.69) is 50.1 Å². The molecule has 3 rings (SSSR count). The molecule has 0 atom stereocenters. The highest BCUT2D eigenvalue weighted by molar-refractivity contribution is 5.86. The maximum Gasteiger partial charge on any atom is 0.239 e. The first-order valence-corrected chi connectivity index (χ1v) is 9.77. The fraction of sp³-hybridized carbons (Fsp3) is 0.429. The third kappa shape index (κ3) is 6.42. The summed E-state index contributed by atoms with van der Waals surface area (Å²) in [6, 6.07) is 12.3. The van der Waals surface area contributed by atoms with Crippen LogP contribution in [-0.2, 0) is 24.4 Å². The van der Waals surface area contributed by atoms with Gasteiger partial charge in [-0.3, -0.25) is 14.7 Å². The smallest absolute Gasteiger partial charge is 0.239 e. The second-order valence-corrected chi connectivity index (χ2v) is 6.94. The molecule has 28 heavy (non-hydrogen) atoms. The van der Waals surface area contributed by atoms with Crippen molar-refractivity contribution in [2.45, 2.75) is 32.5 Å².